The Morgan fingerprint density at radius 1 is 1.47 bits per heavy atom. The van der Waals surface area contributed by atoms with Crippen molar-refractivity contribution in [3.63, 3.8) is 0 Å². The van der Waals surface area contributed by atoms with E-state index in [9.17, 15) is 4.79 Å². The minimum atomic E-state index is -0.102. The number of aromatic nitrogens is 2. The maximum atomic E-state index is 12.2. The fourth-order valence-corrected chi connectivity index (χ4v) is 2.02. The molecule has 0 radical (unpaired) electrons. The molecule has 5 heteroatoms. The third kappa shape index (κ3) is 2.98. The van der Waals surface area contributed by atoms with Gasteiger partial charge in [-0.2, -0.15) is 10.4 Å². The van der Waals surface area contributed by atoms with Crippen molar-refractivity contribution in [1.29, 1.82) is 5.26 Å². The second-order valence-electron chi connectivity index (χ2n) is 4.75. The lowest BCUT2D eigenvalue weighted by Gasteiger charge is -2.18. The van der Waals surface area contributed by atoms with Gasteiger partial charge in [0.2, 0.25) is 0 Å². The third-order valence-corrected chi connectivity index (χ3v) is 2.94. The van der Waals surface area contributed by atoms with E-state index in [1.54, 1.807) is 12.3 Å². The van der Waals surface area contributed by atoms with Crippen LogP contribution < -0.4 is 5.56 Å². The van der Waals surface area contributed by atoms with Crippen LogP contribution in [0.3, 0.4) is 0 Å². The molecule has 0 spiro atoms. The lowest BCUT2D eigenvalue weighted by Crippen LogP contribution is -2.33. The van der Waals surface area contributed by atoms with E-state index in [0.717, 1.165) is 5.39 Å². The molecule has 0 aliphatic rings. The molecule has 0 N–H and O–H groups in total. The third-order valence-electron chi connectivity index (χ3n) is 2.94. The van der Waals surface area contributed by atoms with E-state index in [1.807, 2.05) is 37.1 Å². The van der Waals surface area contributed by atoms with Crippen molar-refractivity contribution in [2.75, 3.05) is 13.6 Å². The Labute approximate surface area is 111 Å². The number of nitrogens with zero attached hydrogens (tertiary/aromatic N) is 4. The van der Waals surface area contributed by atoms with Gasteiger partial charge in [0.25, 0.3) is 5.56 Å². The molecular formula is C14H16N4O. The average molecular weight is 256 g/mol. The number of rotatable bonds is 4. The van der Waals surface area contributed by atoms with Gasteiger partial charge in [-0.05, 0) is 20.0 Å². The first-order valence-electron chi connectivity index (χ1n) is 6.15. The van der Waals surface area contributed by atoms with Crippen molar-refractivity contribution in [2.45, 2.75) is 13.6 Å². The Morgan fingerprint density at radius 2 is 2.21 bits per heavy atom. The molecule has 0 saturated carbocycles. The van der Waals surface area contributed by atoms with Gasteiger partial charge >= 0.3 is 0 Å². The molecule has 1 heterocycles. The van der Waals surface area contributed by atoms with Gasteiger partial charge in [0.15, 0.2) is 0 Å². The second kappa shape index (κ2) is 5.63. The van der Waals surface area contributed by atoms with E-state index in [4.69, 9.17) is 5.26 Å². The molecule has 1 atom stereocenters. The van der Waals surface area contributed by atoms with Crippen LogP contribution in [0.25, 0.3) is 10.8 Å². The van der Waals surface area contributed by atoms with Crippen molar-refractivity contribution in [2.24, 2.45) is 5.92 Å². The van der Waals surface area contributed by atoms with Crippen LogP contribution in [-0.4, -0.2) is 28.3 Å². The first kappa shape index (κ1) is 13.2. The van der Waals surface area contributed by atoms with Gasteiger partial charge in [0.1, 0.15) is 0 Å². The molecule has 0 saturated heterocycles. The molecule has 0 amide bonds. The monoisotopic (exact) mass is 256 g/mol. The summed E-state index contributed by atoms with van der Waals surface area (Å²) in [5.41, 5.74) is -0.102. The maximum Gasteiger partial charge on any atom is 0.275 e. The van der Waals surface area contributed by atoms with Gasteiger partial charge < -0.3 is 0 Å². The molecule has 0 aliphatic carbocycles. The van der Waals surface area contributed by atoms with Crippen LogP contribution in [0.4, 0.5) is 0 Å². The molecule has 19 heavy (non-hydrogen) atoms. The molecule has 1 aromatic carbocycles. The largest absolute Gasteiger partial charge is 0.286 e. The summed E-state index contributed by atoms with van der Waals surface area (Å²) in [6.45, 7) is 2.85. The minimum absolute atomic E-state index is 0.0684. The fraction of sp³-hybridized carbons (Fsp3) is 0.357. The molecule has 0 aliphatic heterocycles. The van der Waals surface area contributed by atoms with Crippen molar-refractivity contribution in [3.05, 3.63) is 40.8 Å². The summed E-state index contributed by atoms with van der Waals surface area (Å²) < 4.78 is 1.42. The first-order chi connectivity index (χ1) is 9.11. The van der Waals surface area contributed by atoms with Gasteiger partial charge in [-0.3, -0.25) is 9.69 Å². The highest BCUT2D eigenvalue weighted by atomic mass is 16.1. The van der Waals surface area contributed by atoms with Crippen LogP contribution in [0.15, 0.2) is 35.3 Å². The number of hydrogen-bond donors (Lipinski definition) is 0. The highest BCUT2D eigenvalue weighted by Crippen LogP contribution is 2.06. The average Bonchev–Trinajstić information content (AvgIpc) is 2.42. The Balaban J connectivity index is 2.25. The lowest BCUT2D eigenvalue weighted by molar-refractivity contribution is 0.233. The number of benzene rings is 1. The van der Waals surface area contributed by atoms with Crippen LogP contribution in [-0.2, 0) is 6.67 Å². The van der Waals surface area contributed by atoms with Crippen molar-refractivity contribution in [3.8, 4) is 6.07 Å². The number of nitriles is 1. The van der Waals surface area contributed by atoms with Crippen LogP contribution in [0.2, 0.25) is 0 Å². The summed E-state index contributed by atoms with van der Waals surface area (Å²) in [5.74, 6) is -0.0684. The van der Waals surface area contributed by atoms with Crippen LogP contribution in [0.1, 0.15) is 6.92 Å². The Kier molecular flexibility index (Phi) is 3.93. The summed E-state index contributed by atoms with van der Waals surface area (Å²) in [7, 11) is 1.87. The Morgan fingerprint density at radius 3 is 2.95 bits per heavy atom. The molecule has 0 fully saturated rings. The molecule has 98 valence electrons. The summed E-state index contributed by atoms with van der Waals surface area (Å²) in [4.78, 5) is 14.1. The number of fused-ring (bicyclic) bond motifs is 1. The Bertz CT molecular complexity index is 671. The summed E-state index contributed by atoms with van der Waals surface area (Å²) in [6.07, 6.45) is 1.69. The summed E-state index contributed by atoms with van der Waals surface area (Å²) >= 11 is 0. The molecular weight excluding hydrogens is 240 g/mol. The van der Waals surface area contributed by atoms with E-state index >= 15 is 0 Å². The standard InChI is InChI=1S/C14H16N4O/c1-11(7-15)9-17(2)10-18-14(19)13-6-4-3-5-12(13)8-16-18/h3-6,8,11H,9-10H2,1-2H3/t11-/m1/s1. The SMILES string of the molecule is C[C@H](C#N)CN(C)Cn1ncc2ccccc2c1=O. The van der Waals surface area contributed by atoms with E-state index in [2.05, 4.69) is 11.2 Å². The Hall–Kier alpha value is -2.19. The normalized spacial score (nSPS) is 12.5. The molecule has 2 rings (SSSR count). The van der Waals surface area contributed by atoms with E-state index in [0.29, 0.717) is 18.6 Å². The zero-order valence-electron chi connectivity index (χ0n) is 11.1. The quantitative estimate of drug-likeness (QED) is 0.830. The second-order valence-corrected chi connectivity index (χ2v) is 4.75. The maximum absolute atomic E-state index is 12.2. The van der Waals surface area contributed by atoms with Crippen molar-refractivity contribution >= 4 is 10.8 Å². The van der Waals surface area contributed by atoms with E-state index in [-0.39, 0.29) is 11.5 Å². The van der Waals surface area contributed by atoms with Crippen LogP contribution >= 0.6 is 0 Å². The molecule has 1 aromatic heterocycles. The van der Waals surface area contributed by atoms with Gasteiger partial charge in [0.05, 0.1) is 30.2 Å². The zero-order chi connectivity index (χ0) is 13.8. The minimum Gasteiger partial charge on any atom is -0.286 e. The topological polar surface area (TPSA) is 61.9 Å². The molecule has 0 unspecified atom stereocenters. The predicted molar refractivity (Wildman–Crippen MR) is 73.4 cm³/mol. The van der Waals surface area contributed by atoms with Crippen LogP contribution in [0.5, 0.6) is 0 Å². The van der Waals surface area contributed by atoms with Gasteiger partial charge in [0, 0.05) is 11.9 Å². The van der Waals surface area contributed by atoms with Gasteiger partial charge in [-0.25, -0.2) is 4.68 Å². The molecule has 0 bridgehead atoms. The highest BCUT2D eigenvalue weighted by molar-refractivity contribution is 5.80. The van der Waals surface area contributed by atoms with Crippen molar-refractivity contribution in [1.82, 2.24) is 14.7 Å². The zero-order valence-corrected chi connectivity index (χ0v) is 11.1. The van der Waals surface area contributed by atoms with Gasteiger partial charge in [-0.15, -0.1) is 0 Å². The first-order valence-corrected chi connectivity index (χ1v) is 6.15. The van der Waals surface area contributed by atoms with E-state index < -0.39 is 0 Å². The van der Waals surface area contributed by atoms with E-state index in [1.165, 1.54) is 4.68 Å². The summed E-state index contributed by atoms with van der Waals surface area (Å²) in [6, 6.07) is 9.57. The highest BCUT2D eigenvalue weighted by Gasteiger charge is 2.08. The lowest BCUT2D eigenvalue weighted by atomic mass is 10.2. The van der Waals surface area contributed by atoms with Crippen molar-refractivity contribution < 1.29 is 0 Å². The van der Waals surface area contributed by atoms with Gasteiger partial charge in [-0.1, -0.05) is 18.2 Å². The molecule has 2 aromatic rings. The fourth-order valence-electron chi connectivity index (χ4n) is 2.02. The number of hydrogen-bond acceptors (Lipinski definition) is 4. The summed E-state index contributed by atoms with van der Waals surface area (Å²) in [5, 5.41) is 14.5. The van der Waals surface area contributed by atoms with Crippen LogP contribution in [0, 0.1) is 17.2 Å². The predicted octanol–water partition coefficient (Wildman–Crippen LogP) is 1.45. The molecule has 5 nitrogen and oxygen atoms in total. The smallest absolute Gasteiger partial charge is 0.275 e.